The second kappa shape index (κ2) is 4.56. The molecule has 0 aliphatic heterocycles. The van der Waals surface area contributed by atoms with E-state index < -0.39 is 0 Å². The van der Waals surface area contributed by atoms with Crippen molar-refractivity contribution in [3.63, 3.8) is 0 Å². The van der Waals surface area contributed by atoms with Gasteiger partial charge in [0.2, 0.25) is 0 Å². The quantitative estimate of drug-likeness (QED) is 0.802. The number of hydrogen-bond acceptors (Lipinski definition) is 3. The molecule has 1 aliphatic rings. The minimum atomic E-state index is 0.0569. The van der Waals surface area contributed by atoms with E-state index in [1.165, 1.54) is 0 Å². The van der Waals surface area contributed by atoms with Gasteiger partial charge in [-0.2, -0.15) is 0 Å². The summed E-state index contributed by atoms with van der Waals surface area (Å²) >= 11 is 0. The predicted molar refractivity (Wildman–Crippen MR) is 74.6 cm³/mol. The zero-order valence-corrected chi connectivity index (χ0v) is 11.5. The van der Waals surface area contributed by atoms with Crippen LogP contribution in [0.2, 0.25) is 0 Å². The molecule has 0 atom stereocenters. The topological polar surface area (TPSA) is 33.2 Å². The van der Waals surface area contributed by atoms with Gasteiger partial charge in [-0.1, -0.05) is 13.8 Å². The zero-order valence-electron chi connectivity index (χ0n) is 11.5. The van der Waals surface area contributed by atoms with Gasteiger partial charge in [-0.15, -0.1) is 0 Å². The molecule has 0 saturated carbocycles. The van der Waals surface area contributed by atoms with Crippen molar-refractivity contribution >= 4 is 17.2 Å². The number of carbonyl (C=O) groups is 1. The number of nitrogens with zero attached hydrogens (tertiary/aromatic N) is 2. The Labute approximate surface area is 109 Å². The average molecular weight is 244 g/mol. The van der Waals surface area contributed by atoms with Crippen molar-refractivity contribution in [3.8, 4) is 0 Å². The van der Waals surface area contributed by atoms with Crippen LogP contribution in [0.3, 0.4) is 0 Å². The predicted octanol–water partition coefficient (Wildman–Crippen LogP) is 2.92. The molecule has 0 N–H and O–H groups in total. The summed E-state index contributed by atoms with van der Waals surface area (Å²) in [6.07, 6.45) is 5.20. The highest BCUT2D eigenvalue weighted by molar-refractivity contribution is 5.99. The minimum Gasteiger partial charge on any atom is -0.363 e. The first-order chi connectivity index (χ1) is 8.37. The van der Waals surface area contributed by atoms with Crippen LogP contribution in [-0.2, 0) is 4.79 Å². The van der Waals surface area contributed by atoms with E-state index >= 15 is 0 Å². The van der Waals surface area contributed by atoms with Crippen LogP contribution in [0, 0.1) is 5.41 Å². The number of allylic oxidation sites excluding steroid dienone is 2. The molecule has 96 valence electrons. The van der Waals surface area contributed by atoms with Crippen LogP contribution < -0.4 is 4.90 Å². The maximum absolute atomic E-state index is 11.7. The van der Waals surface area contributed by atoms with Crippen LogP contribution >= 0.6 is 0 Å². The molecule has 3 heteroatoms. The molecule has 0 fully saturated rings. The smallest absolute Gasteiger partial charge is 0.156 e. The molecule has 0 radical (unpaired) electrons. The van der Waals surface area contributed by atoms with Crippen LogP contribution in [0.4, 0.5) is 5.82 Å². The molecule has 18 heavy (non-hydrogen) atoms. The van der Waals surface area contributed by atoms with Crippen LogP contribution in [0.5, 0.6) is 0 Å². The van der Waals surface area contributed by atoms with E-state index in [4.69, 9.17) is 0 Å². The van der Waals surface area contributed by atoms with E-state index in [2.05, 4.69) is 18.8 Å². The van der Waals surface area contributed by atoms with Gasteiger partial charge in [0.25, 0.3) is 0 Å². The van der Waals surface area contributed by atoms with E-state index in [0.29, 0.717) is 6.42 Å². The molecule has 0 bridgehead atoms. The highest BCUT2D eigenvalue weighted by atomic mass is 16.1. The molecular formula is C15H20N2O. The Hall–Kier alpha value is -1.64. The fourth-order valence-corrected chi connectivity index (χ4v) is 2.37. The first kappa shape index (κ1) is 12.8. The molecule has 0 saturated heterocycles. The number of carbonyl (C=O) groups excluding carboxylic acids is 1. The third kappa shape index (κ3) is 2.78. The lowest BCUT2D eigenvalue weighted by Crippen LogP contribution is -2.21. The summed E-state index contributed by atoms with van der Waals surface area (Å²) in [6, 6.07) is 4.03. The van der Waals surface area contributed by atoms with Gasteiger partial charge in [0.1, 0.15) is 5.82 Å². The molecular weight excluding hydrogens is 224 g/mol. The number of pyridine rings is 1. The Bertz CT molecular complexity index is 484. The monoisotopic (exact) mass is 244 g/mol. The van der Waals surface area contributed by atoms with Crippen molar-refractivity contribution in [1.82, 2.24) is 4.98 Å². The number of rotatable bonds is 2. The van der Waals surface area contributed by atoms with E-state index in [9.17, 15) is 4.79 Å². The lowest BCUT2D eigenvalue weighted by molar-refractivity contribution is -0.116. The fraction of sp³-hybridized carbons (Fsp3) is 0.467. The number of anilines is 1. The van der Waals surface area contributed by atoms with E-state index in [-0.39, 0.29) is 11.2 Å². The lowest BCUT2D eigenvalue weighted by atomic mass is 9.75. The maximum Gasteiger partial charge on any atom is 0.156 e. The molecule has 3 nitrogen and oxygen atoms in total. The van der Waals surface area contributed by atoms with Gasteiger partial charge in [0.15, 0.2) is 5.78 Å². The summed E-state index contributed by atoms with van der Waals surface area (Å²) in [6.45, 7) is 4.28. The largest absolute Gasteiger partial charge is 0.363 e. The third-order valence-electron chi connectivity index (χ3n) is 3.23. The first-order valence-corrected chi connectivity index (χ1v) is 6.24. The Morgan fingerprint density at radius 2 is 1.94 bits per heavy atom. The maximum atomic E-state index is 11.7. The SMILES string of the molecule is CN(C)c1ccc(C2=CC(=O)CC(C)(C)C2)cn1. The molecule has 0 unspecified atom stereocenters. The molecule has 1 aromatic heterocycles. The normalized spacial score (nSPS) is 18.4. The van der Waals surface area contributed by atoms with E-state index in [1.54, 1.807) is 6.08 Å². The second-order valence-corrected chi connectivity index (χ2v) is 5.95. The highest BCUT2D eigenvalue weighted by Crippen LogP contribution is 2.37. The highest BCUT2D eigenvalue weighted by Gasteiger charge is 2.27. The summed E-state index contributed by atoms with van der Waals surface area (Å²) in [7, 11) is 3.93. The fourth-order valence-electron chi connectivity index (χ4n) is 2.37. The molecule has 2 rings (SSSR count). The van der Waals surface area contributed by atoms with Crippen LogP contribution in [0.15, 0.2) is 24.4 Å². The zero-order chi connectivity index (χ0) is 13.3. The van der Waals surface area contributed by atoms with Crippen LogP contribution in [0.25, 0.3) is 5.57 Å². The Morgan fingerprint density at radius 3 is 2.44 bits per heavy atom. The summed E-state index contributed by atoms with van der Waals surface area (Å²) in [5, 5.41) is 0. The van der Waals surface area contributed by atoms with Gasteiger partial charge in [-0.3, -0.25) is 4.79 Å². The van der Waals surface area contributed by atoms with Crippen LogP contribution in [-0.4, -0.2) is 24.9 Å². The molecule has 0 spiro atoms. The van der Waals surface area contributed by atoms with Crippen molar-refractivity contribution < 1.29 is 4.79 Å². The average Bonchev–Trinajstić information content (AvgIpc) is 2.26. The van der Waals surface area contributed by atoms with Gasteiger partial charge < -0.3 is 4.90 Å². The molecule has 0 amide bonds. The molecule has 1 heterocycles. The van der Waals surface area contributed by atoms with Crippen molar-refractivity contribution in [2.45, 2.75) is 26.7 Å². The Kier molecular flexibility index (Phi) is 3.24. The minimum absolute atomic E-state index is 0.0569. The first-order valence-electron chi connectivity index (χ1n) is 6.24. The van der Waals surface area contributed by atoms with Gasteiger partial charge in [-0.05, 0) is 41.2 Å². The van der Waals surface area contributed by atoms with Crippen molar-refractivity contribution in [2.75, 3.05) is 19.0 Å². The van der Waals surface area contributed by atoms with Crippen molar-refractivity contribution in [2.24, 2.45) is 5.41 Å². The Balaban J connectivity index is 2.29. The summed E-state index contributed by atoms with van der Waals surface area (Å²) in [4.78, 5) is 18.1. The summed E-state index contributed by atoms with van der Waals surface area (Å²) in [5.41, 5.74) is 2.22. The number of aromatic nitrogens is 1. The van der Waals surface area contributed by atoms with E-state index in [0.717, 1.165) is 23.4 Å². The molecule has 1 aromatic rings. The van der Waals surface area contributed by atoms with Crippen molar-refractivity contribution in [1.29, 1.82) is 0 Å². The van der Waals surface area contributed by atoms with E-state index in [1.807, 2.05) is 37.3 Å². The van der Waals surface area contributed by atoms with Gasteiger partial charge in [0, 0.05) is 26.7 Å². The summed E-state index contributed by atoms with van der Waals surface area (Å²) in [5.74, 6) is 1.15. The number of hydrogen-bond donors (Lipinski definition) is 0. The van der Waals surface area contributed by atoms with Crippen LogP contribution in [0.1, 0.15) is 32.3 Å². The standard InChI is InChI=1S/C15H20N2O/c1-15(2)8-12(7-13(18)9-15)11-5-6-14(16-10-11)17(3)4/h5-7,10H,8-9H2,1-4H3. The second-order valence-electron chi connectivity index (χ2n) is 5.95. The molecule has 1 aliphatic carbocycles. The summed E-state index contributed by atoms with van der Waals surface area (Å²) < 4.78 is 0. The van der Waals surface area contributed by atoms with Gasteiger partial charge in [0.05, 0.1) is 0 Å². The van der Waals surface area contributed by atoms with Crippen molar-refractivity contribution in [3.05, 3.63) is 30.0 Å². The van der Waals surface area contributed by atoms with Gasteiger partial charge in [-0.25, -0.2) is 4.98 Å². The Morgan fingerprint density at radius 1 is 1.22 bits per heavy atom. The number of ketones is 1. The third-order valence-corrected chi connectivity index (χ3v) is 3.23. The lowest BCUT2D eigenvalue weighted by Gasteiger charge is -2.28. The molecule has 0 aromatic carbocycles. The van der Waals surface area contributed by atoms with Gasteiger partial charge >= 0.3 is 0 Å².